The Balaban J connectivity index is 1.87. The average Bonchev–Trinajstić information content (AvgIpc) is 3.21. The molecule has 2 aromatic carbocycles. The summed E-state index contributed by atoms with van der Waals surface area (Å²) < 4.78 is 16.1. The second-order valence-electron chi connectivity index (χ2n) is 6.70. The van der Waals surface area contributed by atoms with Crippen molar-refractivity contribution < 1.29 is 23.8 Å². The molecule has 0 aromatic heterocycles. The van der Waals surface area contributed by atoms with Gasteiger partial charge >= 0.3 is 5.97 Å². The van der Waals surface area contributed by atoms with Crippen LogP contribution in [0.25, 0.3) is 0 Å². The molecule has 0 saturated heterocycles. The summed E-state index contributed by atoms with van der Waals surface area (Å²) in [6.07, 6.45) is -0.650. The number of likely N-dealkylation sites (N-methyl/N-ethyl adjacent to an activating group) is 1. The lowest BCUT2D eigenvalue weighted by Crippen LogP contribution is -2.58. The number of fused-ring (bicyclic) bond motifs is 1. The maximum atomic E-state index is 12.7. The maximum absolute atomic E-state index is 12.7. The van der Waals surface area contributed by atoms with Crippen LogP contribution >= 0.6 is 0 Å². The topological polar surface area (TPSA) is 83.9 Å². The summed E-state index contributed by atoms with van der Waals surface area (Å²) in [5.41, 5.74) is 1.46. The van der Waals surface area contributed by atoms with Gasteiger partial charge in [-0.1, -0.05) is 24.3 Å². The molecule has 1 amide bonds. The summed E-state index contributed by atoms with van der Waals surface area (Å²) in [5, 5.41) is 9.09. The largest absolute Gasteiger partial charge is 0.460 e. The number of amides is 1. The number of carbonyl (C=O) groups excluding carboxylic acids is 2. The Bertz CT molecular complexity index is 994. The first-order valence-corrected chi connectivity index (χ1v) is 9.54. The minimum Gasteiger partial charge on any atom is -0.460 e. The van der Waals surface area contributed by atoms with Gasteiger partial charge in [0.2, 0.25) is 12.7 Å². The molecule has 2 heterocycles. The number of nitrogens with zero attached hydrogens (tertiary/aromatic N) is 4. The van der Waals surface area contributed by atoms with Crippen molar-refractivity contribution in [1.82, 2.24) is 10.0 Å². The summed E-state index contributed by atoms with van der Waals surface area (Å²) in [7, 11) is 1.61. The van der Waals surface area contributed by atoms with E-state index < -0.39 is 12.1 Å². The number of hydrazine groups is 1. The standard InChI is InChI=1S/C21H22N4O5/c1-4-28-21(27)19-22-24(16-8-6-5-7-9-16)20(25(14(2)26)23(19)3)15-10-11-17-18(12-15)30-13-29-17/h5-12,20H,4,13H2,1-3H3. The fourth-order valence-electron chi connectivity index (χ4n) is 3.48. The molecule has 0 N–H and O–H groups in total. The highest BCUT2D eigenvalue weighted by atomic mass is 16.7. The third-order valence-corrected chi connectivity index (χ3v) is 4.79. The van der Waals surface area contributed by atoms with Crippen molar-refractivity contribution in [3.05, 3.63) is 54.1 Å². The van der Waals surface area contributed by atoms with Crippen LogP contribution in [0.5, 0.6) is 11.5 Å². The number of hydrogen-bond donors (Lipinski definition) is 0. The minimum absolute atomic E-state index is 0.00731. The van der Waals surface area contributed by atoms with Gasteiger partial charge in [-0.25, -0.2) is 14.8 Å². The van der Waals surface area contributed by atoms with Crippen molar-refractivity contribution in [2.75, 3.05) is 25.5 Å². The number of para-hydroxylation sites is 1. The van der Waals surface area contributed by atoms with Gasteiger partial charge in [-0.05, 0) is 31.2 Å². The van der Waals surface area contributed by atoms with Crippen LogP contribution in [0.4, 0.5) is 5.69 Å². The van der Waals surface area contributed by atoms with Crippen LogP contribution in [-0.4, -0.2) is 48.2 Å². The third-order valence-electron chi connectivity index (χ3n) is 4.79. The zero-order valence-corrected chi connectivity index (χ0v) is 16.9. The molecule has 0 radical (unpaired) electrons. The van der Waals surface area contributed by atoms with Crippen molar-refractivity contribution in [3.8, 4) is 11.5 Å². The van der Waals surface area contributed by atoms with E-state index in [-0.39, 0.29) is 25.1 Å². The Morgan fingerprint density at radius 1 is 1.13 bits per heavy atom. The zero-order chi connectivity index (χ0) is 21.3. The molecule has 1 unspecified atom stereocenters. The molecule has 2 aromatic rings. The number of esters is 1. The summed E-state index contributed by atoms with van der Waals surface area (Å²) in [4.78, 5) is 25.3. The number of hydrogen-bond acceptors (Lipinski definition) is 8. The van der Waals surface area contributed by atoms with E-state index in [4.69, 9.17) is 14.2 Å². The predicted molar refractivity (Wildman–Crippen MR) is 109 cm³/mol. The monoisotopic (exact) mass is 410 g/mol. The van der Waals surface area contributed by atoms with Gasteiger partial charge in [-0.2, -0.15) is 0 Å². The Morgan fingerprint density at radius 3 is 2.57 bits per heavy atom. The minimum atomic E-state index is -0.650. The van der Waals surface area contributed by atoms with Crippen molar-refractivity contribution in [2.45, 2.75) is 20.0 Å². The highest BCUT2D eigenvalue weighted by molar-refractivity contribution is 6.35. The highest BCUT2D eigenvalue weighted by Gasteiger charge is 2.41. The van der Waals surface area contributed by atoms with Gasteiger partial charge in [0.05, 0.1) is 12.3 Å². The van der Waals surface area contributed by atoms with Gasteiger partial charge < -0.3 is 14.2 Å². The molecule has 0 saturated carbocycles. The van der Waals surface area contributed by atoms with Crippen LogP contribution in [0.15, 0.2) is 53.6 Å². The lowest BCUT2D eigenvalue weighted by atomic mass is 10.1. The first kappa shape index (κ1) is 19.6. The first-order chi connectivity index (χ1) is 14.5. The normalized spacial score (nSPS) is 17.6. The molecule has 0 bridgehead atoms. The van der Waals surface area contributed by atoms with Gasteiger partial charge in [0.1, 0.15) is 0 Å². The van der Waals surface area contributed by atoms with E-state index in [2.05, 4.69) is 5.10 Å². The van der Waals surface area contributed by atoms with Crippen LogP contribution in [-0.2, 0) is 14.3 Å². The molecule has 4 rings (SSSR count). The number of hydrazone groups is 1. The maximum Gasteiger partial charge on any atom is 0.377 e. The van der Waals surface area contributed by atoms with E-state index in [1.807, 2.05) is 42.5 Å². The van der Waals surface area contributed by atoms with E-state index in [1.54, 1.807) is 25.0 Å². The second-order valence-corrected chi connectivity index (χ2v) is 6.70. The van der Waals surface area contributed by atoms with Gasteiger partial charge in [-0.3, -0.25) is 9.80 Å². The fraction of sp³-hybridized carbons (Fsp3) is 0.286. The molecule has 0 spiro atoms. The summed E-state index contributed by atoms with van der Waals surface area (Å²) >= 11 is 0. The van der Waals surface area contributed by atoms with E-state index >= 15 is 0 Å². The van der Waals surface area contributed by atoms with Gasteiger partial charge in [0, 0.05) is 19.5 Å². The fourth-order valence-corrected chi connectivity index (χ4v) is 3.48. The van der Waals surface area contributed by atoms with E-state index in [0.29, 0.717) is 17.2 Å². The Hall–Kier alpha value is -3.75. The SMILES string of the molecule is CCOC(=O)C1=NN(c2ccccc2)C(c2ccc3c(c2)OCO3)N(C(C)=O)N1C. The van der Waals surface area contributed by atoms with Crippen LogP contribution in [0, 0.1) is 0 Å². The van der Waals surface area contributed by atoms with Gasteiger partial charge in [0.25, 0.3) is 5.84 Å². The lowest BCUT2D eigenvalue weighted by Gasteiger charge is -2.46. The molecule has 0 aliphatic carbocycles. The summed E-state index contributed by atoms with van der Waals surface area (Å²) in [6.45, 7) is 3.50. The molecule has 9 nitrogen and oxygen atoms in total. The Morgan fingerprint density at radius 2 is 1.87 bits per heavy atom. The van der Waals surface area contributed by atoms with E-state index in [9.17, 15) is 9.59 Å². The van der Waals surface area contributed by atoms with Crippen LogP contribution in [0.3, 0.4) is 0 Å². The smallest absolute Gasteiger partial charge is 0.377 e. The van der Waals surface area contributed by atoms with E-state index in [0.717, 1.165) is 5.56 Å². The summed E-state index contributed by atoms with van der Waals surface area (Å²) in [6, 6.07) is 14.8. The van der Waals surface area contributed by atoms with Crippen molar-refractivity contribution >= 4 is 23.4 Å². The lowest BCUT2D eigenvalue weighted by molar-refractivity contribution is -0.147. The zero-order valence-electron chi connectivity index (χ0n) is 16.9. The Kier molecular flexibility index (Phi) is 5.18. The molecular weight excluding hydrogens is 388 g/mol. The molecular formula is C21H22N4O5. The first-order valence-electron chi connectivity index (χ1n) is 9.54. The number of benzene rings is 2. The number of amidine groups is 1. The van der Waals surface area contributed by atoms with Gasteiger partial charge in [-0.15, -0.1) is 5.10 Å². The molecule has 156 valence electrons. The summed E-state index contributed by atoms with van der Waals surface area (Å²) in [5.74, 6) is 0.355. The quantitative estimate of drug-likeness (QED) is 0.716. The van der Waals surface area contributed by atoms with E-state index in [1.165, 1.54) is 16.9 Å². The third kappa shape index (κ3) is 3.38. The molecule has 0 fully saturated rings. The second kappa shape index (κ2) is 7.94. The molecule has 1 atom stereocenters. The Labute approximate surface area is 174 Å². The van der Waals surface area contributed by atoms with Crippen molar-refractivity contribution in [1.29, 1.82) is 0 Å². The van der Waals surface area contributed by atoms with Crippen LogP contribution in [0.1, 0.15) is 25.6 Å². The number of anilines is 1. The predicted octanol–water partition coefficient (Wildman–Crippen LogP) is 2.51. The molecule has 2 aliphatic rings. The van der Waals surface area contributed by atoms with Crippen LogP contribution in [0.2, 0.25) is 0 Å². The molecule has 9 heteroatoms. The van der Waals surface area contributed by atoms with Gasteiger partial charge in [0.15, 0.2) is 17.7 Å². The van der Waals surface area contributed by atoms with Crippen LogP contribution < -0.4 is 14.5 Å². The van der Waals surface area contributed by atoms with Crippen molar-refractivity contribution in [2.24, 2.45) is 5.10 Å². The highest BCUT2D eigenvalue weighted by Crippen LogP contribution is 2.40. The molecule has 30 heavy (non-hydrogen) atoms. The molecule has 2 aliphatic heterocycles. The number of rotatable bonds is 4. The van der Waals surface area contributed by atoms with Crippen molar-refractivity contribution in [3.63, 3.8) is 0 Å². The number of ether oxygens (including phenoxy) is 3. The number of carbonyl (C=O) groups is 2. The average molecular weight is 410 g/mol.